The van der Waals surface area contributed by atoms with Crippen LogP contribution in [0.25, 0.3) is 10.9 Å². The third kappa shape index (κ3) is 6.14. The third-order valence-corrected chi connectivity index (χ3v) is 7.17. The smallest absolute Gasteiger partial charge is 0.402 e. The molecule has 3 aromatic carbocycles. The summed E-state index contributed by atoms with van der Waals surface area (Å²) < 4.78 is 68.8. The van der Waals surface area contributed by atoms with Crippen molar-refractivity contribution in [2.45, 2.75) is 31.3 Å². The van der Waals surface area contributed by atoms with E-state index in [1.165, 1.54) is 60.8 Å². The minimum absolute atomic E-state index is 0.0216. The van der Waals surface area contributed by atoms with Crippen LogP contribution in [0.3, 0.4) is 0 Å². The Morgan fingerprint density at radius 2 is 1.88 bits per heavy atom. The minimum Gasteiger partial charge on any atom is -0.402 e. The molecule has 0 amide bonds. The molecule has 14 heteroatoms. The summed E-state index contributed by atoms with van der Waals surface area (Å²) in [5, 5.41) is 24.2. The van der Waals surface area contributed by atoms with Gasteiger partial charge in [-0.15, -0.1) is 18.3 Å². The molecule has 8 nitrogen and oxygen atoms in total. The number of hydrogen-bond donors (Lipinski definition) is 2. The van der Waals surface area contributed by atoms with E-state index in [0.29, 0.717) is 5.56 Å². The molecule has 0 spiro atoms. The van der Waals surface area contributed by atoms with E-state index in [0.717, 1.165) is 12.8 Å². The Balaban J connectivity index is 1.47. The first-order valence-electron chi connectivity index (χ1n) is 13.3. The summed E-state index contributed by atoms with van der Waals surface area (Å²) in [5.41, 5.74) is 0.916. The minimum atomic E-state index is -5.04. The van der Waals surface area contributed by atoms with Gasteiger partial charge < -0.3 is 15.4 Å². The average Bonchev–Trinajstić information content (AvgIpc) is 3.70. The number of halogens is 6. The Labute approximate surface area is 253 Å². The summed E-state index contributed by atoms with van der Waals surface area (Å²) in [5.74, 6) is -1.19. The highest BCUT2D eigenvalue weighted by Crippen LogP contribution is 2.42. The number of alkyl halides is 3. The van der Waals surface area contributed by atoms with E-state index in [9.17, 15) is 24.2 Å². The van der Waals surface area contributed by atoms with Gasteiger partial charge in [0.15, 0.2) is 5.75 Å². The number of hydrogen-bond acceptors (Lipinski definition) is 7. The Kier molecular flexibility index (Phi) is 7.12. The number of nitriles is 1. The van der Waals surface area contributed by atoms with Gasteiger partial charge in [0, 0.05) is 17.3 Å². The molecule has 2 heterocycles. The van der Waals surface area contributed by atoms with Crippen LogP contribution in [0.1, 0.15) is 43.1 Å². The number of para-hydroxylation sites is 1. The van der Waals surface area contributed by atoms with Crippen LogP contribution in [0.4, 0.5) is 34.6 Å². The topological polar surface area (TPSA) is 101 Å². The summed E-state index contributed by atoms with van der Waals surface area (Å²) in [4.78, 5) is 4.27. The van der Waals surface area contributed by atoms with Crippen LogP contribution in [0.15, 0.2) is 67.0 Å². The fourth-order valence-corrected chi connectivity index (χ4v) is 4.95. The maximum absolute atomic E-state index is 13.8. The summed E-state index contributed by atoms with van der Waals surface area (Å²) >= 11 is 12.7. The number of aromatic nitrogens is 4. The van der Waals surface area contributed by atoms with Crippen molar-refractivity contribution in [2.24, 2.45) is 0 Å². The lowest BCUT2D eigenvalue weighted by molar-refractivity contribution is -0.274. The van der Waals surface area contributed by atoms with Gasteiger partial charge in [-0.25, -0.2) is 9.07 Å². The van der Waals surface area contributed by atoms with Crippen molar-refractivity contribution < 1.29 is 23.7 Å². The van der Waals surface area contributed by atoms with Gasteiger partial charge in [-0.1, -0.05) is 46.6 Å². The van der Waals surface area contributed by atoms with Crippen molar-refractivity contribution in [3.8, 4) is 11.8 Å². The second-order valence-electron chi connectivity index (χ2n) is 9.62. The first-order chi connectivity index (χ1) is 20.9. The number of pyridine rings is 1. The van der Waals surface area contributed by atoms with Crippen molar-refractivity contribution in [1.82, 2.24) is 20.0 Å². The summed E-state index contributed by atoms with van der Waals surface area (Å²) in [6, 6.07) is 12.7. The quantitative estimate of drug-likeness (QED) is 0.167. The Morgan fingerprint density at radius 3 is 2.58 bits per heavy atom. The first-order valence-corrected chi connectivity index (χ1v) is 13.5. The highest BCUT2D eigenvalue weighted by molar-refractivity contribution is 6.36. The number of fused-ring (bicyclic) bond motifs is 1. The Bertz CT molecular complexity index is 1930. The molecule has 1 aliphatic carbocycles. The lowest BCUT2D eigenvalue weighted by Gasteiger charge is -2.20. The van der Waals surface area contributed by atoms with E-state index in [2.05, 4.69) is 30.7 Å². The maximum Gasteiger partial charge on any atom is 0.573 e. The lowest BCUT2D eigenvalue weighted by atomic mass is 10.0. The van der Waals surface area contributed by atoms with Gasteiger partial charge in [0.2, 0.25) is 0 Å². The molecule has 1 aliphatic rings. The molecule has 0 unspecified atom stereocenters. The predicted molar refractivity (Wildman–Crippen MR) is 153 cm³/mol. The molecule has 0 radical (unpaired) electrons. The van der Waals surface area contributed by atoms with E-state index in [1.807, 2.05) is 6.07 Å². The molecule has 0 saturated heterocycles. The molecule has 43 heavy (non-hydrogen) atoms. The normalized spacial score (nSPS) is 15.0. The Hall–Kier alpha value is -4.60. The summed E-state index contributed by atoms with van der Waals surface area (Å²) in [6.07, 6.45) is -0.302. The zero-order valence-corrected chi connectivity index (χ0v) is 23.3. The average molecular weight is 629 g/mol. The molecule has 1 atom stereocenters. The first kappa shape index (κ1) is 27.2. The highest BCUT2D eigenvalue weighted by atomic mass is 35.5. The monoisotopic (exact) mass is 628 g/mol. The molecule has 6 rings (SSSR count). The van der Waals surface area contributed by atoms with Crippen LogP contribution in [-0.2, 0) is 0 Å². The van der Waals surface area contributed by atoms with E-state index < -0.39 is 23.9 Å². The van der Waals surface area contributed by atoms with E-state index in [-0.39, 0.29) is 55.3 Å². The van der Waals surface area contributed by atoms with Gasteiger partial charge >= 0.3 is 6.36 Å². The number of ether oxygens (including phenoxy) is 1. The molecule has 218 valence electrons. The molecule has 1 saturated carbocycles. The predicted octanol–water partition coefficient (Wildman–Crippen LogP) is 8.32. The second kappa shape index (κ2) is 11.2. The highest BCUT2D eigenvalue weighted by Gasteiger charge is 2.33. The number of nitrogens with one attached hydrogen (secondary N) is 2. The van der Waals surface area contributed by atoms with Crippen molar-refractivity contribution in [1.29, 1.82) is 5.26 Å². The zero-order valence-electron chi connectivity index (χ0n) is 22.8. The van der Waals surface area contributed by atoms with Crippen molar-refractivity contribution in [2.75, 3.05) is 10.6 Å². The van der Waals surface area contributed by atoms with Crippen molar-refractivity contribution in [3.63, 3.8) is 0 Å². The number of rotatable bonds is 8. The fraction of sp³-hybridized carbons (Fsp3) is 0.172. The second-order valence-corrected chi connectivity index (χ2v) is 10.4. The van der Waals surface area contributed by atoms with Crippen LogP contribution in [-0.4, -0.2) is 26.3 Å². The number of benzene rings is 3. The summed E-state index contributed by atoms with van der Waals surface area (Å²) in [7, 11) is 0. The zero-order chi connectivity index (χ0) is 31.2. The van der Waals surface area contributed by atoms with Crippen molar-refractivity contribution in [3.05, 3.63) is 99.7 Å². The number of nitrogens with zero attached hydrogens (tertiary/aromatic N) is 5. The molecule has 0 bridgehead atoms. The molecule has 5 aromatic rings. The largest absolute Gasteiger partial charge is 0.573 e. The van der Waals surface area contributed by atoms with E-state index in [4.69, 9.17) is 23.2 Å². The van der Waals surface area contributed by atoms with E-state index in [1.54, 1.807) is 10.9 Å². The molecular weight excluding hydrogens is 609 g/mol. The van der Waals surface area contributed by atoms with Gasteiger partial charge in [-0.05, 0) is 54.8 Å². The molecule has 2 aromatic heterocycles. The molecular formula is C29H19Cl2F4N7O. The standard InChI is InChI=1S/C29H19Cl2F4N7O/c30-21-2-1-3-23(28(21)43-29(33,34)35)39-25-16(12-36)13-37-27-20(25)10-18(11-22(27)31)38-26(15-4-6-17(32)7-5-15)24-14-42(41-40-24)19-8-9-19/h1-7,10-11,13-14,19,26,38H,8-9H2,(H,37,39)/t26-/m1/s1/i26D. The van der Waals surface area contributed by atoms with Crippen LogP contribution < -0.4 is 15.4 Å². The van der Waals surface area contributed by atoms with Gasteiger partial charge in [0.1, 0.15) is 17.6 Å². The van der Waals surface area contributed by atoms with Crippen LogP contribution >= 0.6 is 23.2 Å². The lowest BCUT2D eigenvalue weighted by Crippen LogP contribution is -2.18. The molecule has 0 aliphatic heterocycles. The third-order valence-electron chi connectivity index (χ3n) is 6.58. The Morgan fingerprint density at radius 1 is 1.12 bits per heavy atom. The van der Waals surface area contributed by atoms with Crippen LogP contribution in [0.5, 0.6) is 5.75 Å². The van der Waals surface area contributed by atoms with Gasteiger partial charge in [-0.2, -0.15) is 5.26 Å². The van der Waals surface area contributed by atoms with Gasteiger partial charge in [0.25, 0.3) is 0 Å². The molecule has 2 N–H and O–H groups in total. The molecule has 1 fully saturated rings. The number of anilines is 3. The summed E-state index contributed by atoms with van der Waals surface area (Å²) in [6.45, 7) is 0. The fourth-order valence-electron chi connectivity index (χ4n) is 4.47. The van der Waals surface area contributed by atoms with Gasteiger partial charge in [-0.3, -0.25) is 4.98 Å². The van der Waals surface area contributed by atoms with Crippen LogP contribution in [0, 0.1) is 17.1 Å². The SMILES string of the molecule is [2H][C@@](Nc1cc(Cl)c2ncc(C#N)c(Nc3cccc(Cl)c3OC(F)(F)F)c2c1)(c1ccc(F)cc1)c1cn(C2CC2)nn1. The maximum atomic E-state index is 13.8. The van der Waals surface area contributed by atoms with Crippen molar-refractivity contribution >= 4 is 51.2 Å². The van der Waals surface area contributed by atoms with E-state index >= 15 is 0 Å². The van der Waals surface area contributed by atoms with Crippen LogP contribution in [0.2, 0.25) is 10.0 Å². The van der Waals surface area contributed by atoms with Gasteiger partial charge in [0.05, 0.1) is 52.1 Å².